The van der Waals surface area contributed by atoms with E-state index in [1.807, 2.05) is 53.3 Å². The topological polar surface area (TPSA) is 64.1 Å². The Morgan fingerprint density at radius 1 is 0.818 bits per heavy atom. The van der Waals surface area contributed by atoms with E-state index in [0.717, 1.165) is 53.2 Å². The zero-order chi connectivity index (χ0) is 22.2. The Morgan fingerprint density at radius 3 is 2.45 bits per heavy atom. The third-order valence-corrected chi connectivity index (χ3v) is 6.05. The van der Waals surface area contributed by atoms with Crippen molar-refractivity contribution in [2.45, 2.75) is 6.42 Å². The van der Waals surface area contributed by atoms with Gasteiger partial charge in [0.25, 0.3) is 0 Å². The van der Waals surface area contributed by atoms with Crippen molar-refractivity contribution in [3.63, 3.8) is 0 Å². The number of pyridine rings is 1. The predicted molar refractivity (Wildman–Crippen MR) is 129 cm³/mol. The minimum absolute atomic E-state index is 0.758. The second kappa shape index (κ2) is 8.02. The summed E-state index contributed by atoms with van der Waals surface area (Å²) in [5, 5.41) is 8.87. The number of hydrogen-bond donors (Lipinski definition) is 0. The van der Waals surface area contributed by atoms with Crippen LogP contribution in [0.5, 0.6) is 0 Å². The van der Waals surface area contributed by atoms with Gasteiger partial charge in [-0.2, -0.15) is 10.2 Å². The Balaban J connectivity index is 1.18. The molecule has 7 heteroatoms. The zero-order valence-corrected chi connectivity index (χ0v) is 18.3. The maximum Gasteiger partial charge on any atom is 0.225 e. The molecule has 0 N–H and O–H groups in total. The van der Waals surface area contributed by atoms with Crippen molar-refractivity contribution in [1.29, 1.82) is 0 Å². The van der Waals surface area contributed by atoms with E-state index in [1.165, 1.54) is 11.1 Å². The highest BCUT2D eigenvalue weighted by Crippen LogP contribution is 2.28. The average molecular weight is 434 g/mol. The fourth-order valence-electron chi connectivity index (χ4n) is 4.31. The van der Waals surface area contributed by atoms with Crippen LogP contribution in [0.4, 0.5) is 5.95 Å². The third-order valence-electron chi connectivity index (χ3n) is 6.05. The van der Waals surface area contributed by atoms with E-state index in [4.69, 9.17) is 0 Å². The summed E-state index contributed by atoms with van der Waals surface area (Å²) in [5.41, 5.74) is 8.04. The van der Waals surface area contributed by atoms with E-state index in [2.05, 4.69) is 73.7 Å². The molecular weight excluding hydrogens is 410 g/mol. The summed E-state index contributed by atoms with van der Waals surface area (Å²) in [6.45, 7) is 1.56. The second-order valence-corrected chi connectivity index (χ2v) is 8.37. The summed E-state index contributed by atoms with van der Waals surface area (Å²) in [7, 11) is 1.92. The van der Waals surface area contributed by atoms with E-state index in [1.54, 1.807) is 0 Å². The van der Waals surface area contributed by atoms with Gasteiger partial charge in [-0.3, -0.25) is 4.68 Å². The van der Waals surface area contributed by atoms with Gasteiger partial charge in [-0.25, -0.2) is 14.5 Å². The molecule has 0 atom stereocenters. The lowest BCUT2D eigenvalue weighted by Crippen LogP contribution is -2.22. The molecule has 0 bridgehead atoms. The SMILES string of the molecule is Cn1cc(-c2ccc3c(C4=CCN(c5ncc(Cc6ccccc6)cn5)C4)cnn3c2)cn1. The predicted octanol–water partition coefficient (Wildman–Crippen LogP) is 4.02. The summed E-state index contributed by atoms with van der Waals surface area (Å²) in [6, 6.07) is 14.7. The van der Waals surface area contributed by atoms with Crippen LogP contribution in [0.3, 0.4) is 0 Å². The highest BCUT2D eigenvalue weighted by atomic mass is 15.3. The van der Waals surface area contributed by atoms with Gasteiger partial charge in [0.15, 0.2) is 0 Å². The van der Waals surface area contributed by atoms with Crippen molar-refractivity contribution >= 4 is 17.0 Å². The first-order valence-corrected chi connectivity index (χ1v) is 11.0. The van der Waals surface area contributed by atoms with Crippen molar-refractivity contribution in [2.24, 2.45) is 7.05 Å². The number of benzene rings is 1. The van der Waals surface area contributed by atoms with Crippen LogP contribution in [-0.4, -0.2) is 42.5 Å². The molecular formula is C26H23N7. The van der Waals surface area contributed by atoms with Gasteiger partial charge in [0, 0.05) is 68.0 Å². The number of hydrogen-bond acceptors (Lipinski definition) is 5. The second-order valence-electron chi connectivity index (χ2n) is 8.37. The van der Waals surface area contributed by atoms with E-state index in [0.29, 0.717) is 0 Å². The summed E-state index contributed by atoms with van der Waals surface area (Å²) in [6.07, 6.45) is 14.8. The van der Waals surface area contributed by atoms with Crippen LogP contribution in [0.25, 0.3) is 22.2 Å². The van der Waals surface area contributed by atoms with Crippen LogP contribution in [0.1, 0.15) is 16.7 Å². The van der Waals surface area contributed by atoms with Gasteiger partial charge < -0.3 is 4.90 Å². The van der Waals surface area contributed by atoms with Gasteiger partial charge in [0.1, 0.15) is 0 Å². The molecule has 0 radical (unpaired) electrons. The monoisotopic (exact) mass is 433 g/mol. The van der Waals surface area contributed by atoms with Crippen LogP contribution in [0.2, 0.25) is 0 Å². The van der Waals surface area contributed by atoms with Gasteiger partial charge in [-0.15, -0.1) is 0 Å². The highest BCUT2D eigenvalue weighted by Gasteiger charge is 2.20. The van der Waals surface area contributed by atoms with Crippen molar-refractivity contribution in [1.82, 2.24) is 29.4 Å². The molecule has 162 valence electrons. The lowest BCUT2D eigenvalue weighted by atomic mass is 10.1. The Bertz CT molecular complexity index is 1450. The largest absolute Gasteiger partial charge is 0.333 e. The fourth-order valence-corrected chi connectivity index (χ4v) is 4.31. The Labute approximate surface area is 191 Å². The first-order valence-electron chi connectivity index (χ1n) is 11.0. The van der Waals surface area contributed by atoms with Crippen molar-refractivity contribution < 1.29 is 0 Å². The molecule has 33 heavy (non-hydrogen) atoms. The molecule has 0 spiro atoms. The maximum atomic E-state index is 4.63. The smallest absolute Gasteiger partial charge is 0.225 e. The molecule has 0 aliphatic carbocycles. The Hall–Kier alpha value is -4.26. The van der Waals surface area contributed by atoms with Gasteiger partial charge in [0.2, 0.25) is 5.95 Å². The lowest BCUT2D eigenvalue weighted by Gasteiger charge is -2.16. The van der Waals surface area contributed by atoms with Gasteiger partial charge in [0.05, 0.1) is 17.9 Å². The summed E-state index contributed by atoms with van der Waals surface area (Å²) < 4.78 is 3.75. The minimum Gasteiger partial charge on any atom is -0.333 e. The molecule has 5 aromatic rings. The van der Waals surface area contributed by atoms with Gasteiger partial charge in [-0.05, 0) is 22.8 Å². The van der Waals surface area contributed by atoms with Crippen LogP contribution in [0.15, 0.2) is 85.7 Å². The van der Waals surface area contributed by atoms with E-state index < -0.39 is 0 Å². The average Bonchev–Trinajstić information content (AvgIpc) is 3.59. The number of aryl methyl sites for hydroxylation is 1. The van der Waals surface area contributed by atoms with Crippen LogP contribution < -0.4 is 4.90 Å². The first-order chi connectivity index (χ1) is 16.2. The number of fused-ring (bicyclic) bond motifs is 1. The van der Waals surface area contributed by atoms with Crippen LogP contribution in [0, 0.1) is 0 Å². The molecule has 7 nitrogen and oxygen atoms in total. The van der Waals surface area contributed by atoms with Crippen molar-refractivity contribution in [2.75, 3.05) is 18.0 Å². The fraction of sp³-hybridized carbons (Fsp3) is 0.154. The molecule has 4 aromatic heterocycles. The summed E-state index contributed by atoms with van der Waals surface area (Å²) in [5.74, 6) is 0.758. The summed E-state index contributed by atoms with van der Waals surface area (Å²) >= 11 is 0. The highest BCUT2D eigenvalue weighted by molar-refractivity contribution is 5.83. The Kier molecular flexibility index (Phi) is 4.72. The van der Waals surface area contributed by atoms with Crippen molar-refractivity contribution in [3.8, 4) is 11.1 Å². The van der Waals surface area contributed by atoms with E-state index >= 15 is 0 Å². The maximum absolute atomic E-state index is 4.63. The molecule has 0 amide bonds. The van der Waals surface area contributed by atoms with E-state index in [-0.39, 0.29) is 0 Å². The van der Waals surface area contributed by atoms with Crippen molar-refractivity contribution in [3.05, 3.63) is 102 Å². The number of aromatic nitrogens is 6. The molecule has 0 unspecified atom stereocenters. The van der Waals surface area contributed by atoms with Gasteiger partial charge >= 0.3 is 0 Å². The summed E-state index contributed by atoms with van der Waals surface area (Å²) in [4.78, 5) is 11.5. The number of anilines is 1. The third kappa shape index (κ3) is 3.78. The molecule has 1 aliphatic heterocycles. The van der Waals surface area contributed by atoms with Crippen LogP contribution >= 0.6 is 0 Å². The first kappa shape index (κ1) is 19.4. The molecule has 5 heterocycles. The lowest BCUT2D eigenvalue weighted by molar-refractivity contribution is 0.768. The quantitative estimate of drug-likeness (QED) is 0.419. The van der Waals surface area contributed by atoms with E-state index in [9.17, 15) is 0 Å². The molecule has 0 saturated carbocycles. The minimum atomic E-state index is 0.758. The molecule has 1 aromatic carbocycles. The normalized spacial score (nSPS) is 13.6. The van der Waals surface area contributed by atoms with Gasteiger partial charge in [-0.1, -0.05) is 42.5 Å². The van der Waals surface area contributed by atoms with Crippen LogP contribution in [-0.2, 0) is 13.5 Å². The molecule has 0 saturated heterocycles. The zero-order valence-electron chi connectivity index (χ0n) is 18.3. The molecule has 0 fully saturated rings. The molecule has 6 rings (SSSR count). The standard InChI is InChI=1S/C26H23N7/c1-31-16-23(14-29-31)21-7-8-25-24(15-30-33(25)18-21)22-9-10-32(17-22)26-27-12-20(13-28-26)11-19-5-3-2-4-6-19/h2-9,12-16,18H,10-11,17H2,1H3. The number of rotatable bonds is 5. The number of nitrogens with zero attached hydrogens (tertiary/aromatic N) is 7. The molecule has 1 aliphatic rings. The Morgan fingerprint density at radius 2 is 1.67 bits per heavy atom.